The van der Waals surface area contributed by atoms with Crippen molar-refractivity contribution in [3.63, 3.8) is 0 Å². The molecule has 298 valence electrons. The Labute approximate surface area is 368 Å². The third-order valence-electron chi connectivity index (χ3n) is 12.2. The monoisotopic (exact) mass is 805 g/mol. The van der Waals surface area contributed by atoms with Crippen LogP contribution in [0.4, 0.5) is 0 Å². The van der Waals surface area contributed by atoms with E-state index in [1.54, 1.807) is 0 Å². The van der Waals surface area contributed by atoms with E-state index >= 15 is 0 Å². The number of rotatable bonds is 8. The molecule has 63 heavy (non-hydrogen) atoms. The van der Waals surface area contributed by atoms with Crippen LogP contribution >= 0.6 is 0 Å². The Hall–Kier alpha value is -8.01. The maximum Gasteiger partial charge on any atom is 0.160 e. The molecule has 0 spiro atoms. The highest BCUT2D eigenvalue weighted by Gasteiger charge is 2.16. The molecule has 0 aliphatic heterocycles. The fourth-order valence-corrected chi connectivity index (χ4v) is 8.81. The SMILES string of the molecule is CC1C=CC(c2cccc(-c3cc(-c4cccc(-c5ccccc5)c4)nc(-c4ccc(-c5ccc(-c6cc(-c7ccccc7)nc7ccc8ccccc8c67)cc5)cc4)n3)c2)=CC1. The lowest BCUT2D eigenvalue weighted by Crippen LogP contribution is -1.97. The number of aromatic nitrogens is 3. The van der Waals surface area contributed by atoms with Crippen LogP contribution in [-0.2, 0) is 0 Å². The minimum atomic E-state index is 0.559. The van der Waals surface area contributed by atoms with Gasteiger partial charge in [-0.05, 0) is 98.0 Å². The predicted molar refractivity (Wildman–Crippen MR) is 264 cm³/mol. The first kappa shape index (κ1) is 38.0. The normalized spacial score (nSPS) is 13.6. The van der Waals surface area contributed by atoms with Gasteiger partial charge in [-0.15, -0.1) is 0 Å². The second kappa shape index (κ2) is 16.5. The molecule has 0 N–H and O–H groups in total. The zero-order chi connectivity index (χ0) is 42.1. The van der Waals surface area contributed by atoms with E-state index in [0.29, 0.717) is 11.7 Å². The van der Waals surface area contributed by atoms with Crippen LogP contribution in [0, 0.1) is 5.92 Å². The van der Waals surface area contributed by atoms with Crippen molar-refractivity contribution < 1.29 is 0 Å². The minimum Gasteiger partial charge on any atom is -0.248 e. The van der Waals surface area contributed by atoms with Crippen molar-refractivity contribution >= 4 is 27.2 Å². The number of fused-ring (bicyclic) bond motifs is 3. The summed E-state index contributed by atoms with van der Waals surface area (Å²) in [5.74, 6) is 1.25. The molecule has 2 aromatic heterocycles. The molecule has 1 aliphatic carbocycles. The van der Waals surface area contributed by atoms with Gasteiger partial charge in [0.15, 0.2) is 5.82 Å². The van der Waals surface area contributed by atoms with Crippen LogP contribution in [0.3, 0.4) is 0 Å². The first-order valence-corrected chi connectivity index (χ1v) is 21.7. The Kier molecular flexibility index (Phi) is 9.91. The van der Waals surface area contributed by atoms with Crippen molar-refractivity contribution in [1.29, 1.82) is 0 Å². The Bertz CT molecular complexity index is 3350. The van der Waals surface area contributed by atoms with Crippen molar-refractivity contribution in [3.05, 3.63) is 230 Å². The van der Waals surface area contributed by atoms with Gasteiger partial charge in [0.1, 0.15) is 0 Å². The van der Waals surface area contributed by atoms with Crippen LogP contribution < -0.4 is 0 Å². The molecule has 1 atom stereocenters. The molecule has 10 aromatic rings. The molecule has 2 heterocycles. The molecule has 0 amide bonds. The summed E-state index contributed by atoms with van der Waals surface area (Å²) in [6.07, 6.45) is 7.94. The van der Waals surface area contributed by atoms with Gasteiger partial charge in [-0.1, -0.05) is 201 Å². The number of hydrogen-bond donors (Lipinski definition) is 0. The molecule has 1 aliphatic rings. The number of allylic oxidation sites excluding steroid dienone is 4. The lowest BCUT2D eigenvalue weighted by molar-refractivity contribution is 0.739. The van der Waals surface area contributed by atoms with Gasteiger partial charge in [0.2, 0.25) is 0 Å². The molecular weight excluding hydrogens is 763 g/mol. The van der Waals surface area contributed by atoms with E-state index in [1.807, 2.05) is 6.07 Å². The first-order valence-electron chi connectivity index (χ1n) is 21.7. The summed E-state index contributed by atoms with van der Waals surface area (Å²) in [6.45, 7) is 2.26. The number of hydrogen-bond acceptors (Lipinski definition) is 3. The van der Waals surface area contributed by atoms with Gasteiger partial charge in [0.25, 0.3) is 0 Å². The summed E-state index contributed by atoms with van der Waals surface area (Å²) in [4.78, 5) is 15.6. The molecule has 0 saturated heterocycles. The third kappa shape index (κ3) is 7.66. The fourth-order valence-electron chi connectivity index (χ4n) is 8.81. The minimum absolute atomic E-state index is 0.559. The Morgan fingerprint density at radius 3 is 1.62 bits per heavy atom. The van der Waals surface area contributed by atoms with Crippen molar-refractivity contribution in [2.45, 2.75) is 13.3 Å². The lowest BCUT2D eigenvalue weighted by atomic mass is 9.93. The standard InChI is InChI=1S/C60H43N3/c1-40-22-24-44(25-23-40)50-18-11-20-52(37-50)58-39-57(51-19-10-17-49(36-51)41-12-4-2-5-13-41)62-60(63-58)48-32-28-43(29-33-48)42-26-30-46(31-27-42)54-38-56(47-15-6-3-7-16-47)61-55-35-34-45-14-8-9-21-53(45)59(54)55/h2-22,24-40H,23H2,1H3. The Morgan fingerprint density at radius 2 is 0.937 bits per heavy atom. The Morgan fingerprint density at radius 1 is 0.397 bits per heavy atom. The number of pyridine rings is 1. The maximum atomic E-state index is 5.25. The summed E-state index contributed by atoms with van der Waals surface area (Å²) in [6, 6.07) is 73.2. The second-order valence-electron chi connectivity index (χ2n) is 16.5. The van der Waals surface area contributed by atoms with E-state index in [9.17, 15) is 0 Å². The molecule has 3 heteroatoms. The zero-order valence-corrected chi connectivity index (χ0v) is 35.0. The highest BCUT2D eigenvalue weighted by molar-refractivity contribution is 6.13. The van der Waals surface area contributed by atoms with Gasteiger partial charge < -0.3 is 0 Å². The molecule has 0 fully saturated rings. The highest BCUT2D eigenvalue weighted by atomic mass is 14.9. The molecule has 0 radical (unpaired) electrons. The summed E-state index contributed by atoms with van der Waals surface area (Å²) in [5.41, 5.74) is 17.3. The summed E-state index contributed by atoms with van der Waals surface area (Å²) in [5, 5.41) is 3.58. The second-order valence-corrected chi connectivity index (χ2v) is 16.5. The lowest BCUT2D eigenvalue weighted by Gasteiger charge is -2.14. The number of nitrogens with zero attached hydrogens (tertiary/aromatic N) is 3. The molecule has 8 aromatic carbocycles. The van der Waals surface area contributed by atoms with Crippen molar-refractivity contribution in [2.24, 2.45) is 5.92 Å². The van der Waals surface area contributed by atoms with Crippen LogP contribution in [0.15, 0.2) is 224 Å². The Balaban J connectivity index is 0.960. The molecular formula is C60H43N3. The largest absolute Gasteiger partial charge is 0.248 e. The van der Waals surface area contributed by atoms with Crippen LogP contribution in [0.2, 0.25) is 0 Å². The molecule has 0 saturated carbocycles. The molecule has 1 unspecified atom stereocenters. The van der Waals surface area contributed by atoms with E-state index in [-0.39, 0.29) is 0 Å². The fraction of sp³-hybridized carbons (Fsp3) is 0.0500. The predicted octanol–water partition coefficient (Wildman–Crippen LogP) is 15.8. The first-order chi connectivity index (χ1) is 31.1. The quantitative estimate of drug-likeness (QED) is 0.144. The van der Waals surface area contributed by atoms with Gasteiger partial charge in [-0.2, -0.15) is 0 Å². The third-order valence-corrected chi connectivity index (χ3v) is 12.2. The summed E-state index contributed by atoms with van der Waals surface area (Å²) < 4.78 is 0. The van der Waals surface area contributed by atoms with E-state index in [2.05, 4.69) is 225 Å². The van der Waals surface area contributed by atoms with E-state index < -0.39 is 0 Å². The van der Waals surface area contributed by atoms with E-state index in [1.165, 1.54) is 38.4 Å². The van der Waals surface area contributed by atoms with Crippen molar-refractivity contribution in [2.75, 3.05) is 0 Å². The average Bonchev–Trinajstić information content (AvgIpc) is 3.37. The van der Waals surface area contributed by atoms with Crippen molar-refractivity contribution in [3.8, 4) is 78.5 Å². The van der Waals surface area contributed by atoms with E-state index in [4.69, 9.17) is 15.0 Å². The molecule has 3 nitrogen and oxygen atoms in total. The van der Waals surface area contributed by atoms with Crippen LogP contribution in [0.1, 0.15) is 18.9 Å². The average molecular weight is 806 g/mol. The van der Waals surface area contributed by atoms with Crippen molar-refractivity contribution in [1.82, 2.24) is 15.0 Å². The summed E-state index contributed by atoms with van der Waals surface area (Å²) in [7, 11) is 0. The van der Waals surface area contributed by atoms with Gasteiger partial charge >= 0.3 is 0 Å². The summed E-state index contributed by atoms with van der Waals surface area (Å²) >= 11 is 0. The van der Waals surface area contributed by atoms with Gasteiger partial charge in [-0.25, -0.2) is 15.0 Å². The van der Waals surface area contributed by atoms with Crippen LogP contribution in [0.25, 0.3) is 106 Å². The smallest absolute Gasteiger partial charge is 0.160 e. The number of benzene rings is 8. The van der Waals surface area contributed by atoms with Crippen LogP contribution in [-0.4, -0.2) is 15.0 Å². The molecule has 11 rings (SSSR count). The topological polar surface area (TPSA) is 38.7 Å². The zero-order valence-electron chi connectivity index (χ0n) is 35.0. The highest BCUT2D eigenvalue weighted by Crippen LogP contribution is 2.38. The molecule has 0 bridgehead atoms. The van der Waals surface area contributed by atoms with Gasteiger partial charge in [0.05, 0.1) is 22.6 Å². The van der Waals surface area contributed by atoms with Gasteiger partial charge in [0, 0.05) is 27.6 Å². The van der Waals surface area contributed by atoms with Gasteiger partial charge in [-0.3, -0.25) is 0 Å². The van der Waals surface area contributed by atoms with Crippen LogP contribution in [0.5, 0.6) is 0 Å². The van der Waals surface area contributed by atoms with E-state index in [0.717, 1.165) is 73.5 Å². The maximum absolute atomic E-state index is 5.25.